The van der Waals surface area contributed by atoms with E-state index in [-0.39, 0.29) is 18.1 Å². The lowest BCUT2D eigenvalue weighted by atomic mass is 10.2. The number of carbonyl (C=O) groups is 2. The van der Waals surface area contributed by atoms with Crippen LogP contribution in [0.4, 0.5) is 20.4 Å². The zero-order valence-electron chi connectivity index (χ0n) is 17.1. The Bertz CT molecular complexity index is 910. The van der Waals surface area contributed by atoms with Crippen molar-refractivity contribution in [1.29, 1.82) is 0 Å². The summed E-state index contributed by atoms with van der Waals surface area (Å²) in [7, 11) is 0. The number of amides is 4. The summed E-state index contributed by atoms with van der Waals surface area (Å²) in [6, 6.07) is 7.30. The van der Waals surface area contributed by atoms with Crippen LogP contribution in [0.25, 0.3) is 0 Å². The van der Waals surface area contributed by atoms with Gasteiger partial charge >= 0.3 is 12.1 Å². The predicted octanol–water partition coefficient (Wildman–Crippen LogP) is 4.20. The van der Waals surface area contributed by atoms with Crippen molar-refractivity contribution in [2.45, 2.75) is 51.6 Å². The highest BCUT2D eigenvalue weighted by molar-refractivity contribution is 7.15. The second-order valence-electron chi connectivity index (χ2n) is 7.50. The quantitative estimate of drug-likeness (QED) is 0.664. The summed E-state index contributed by atoms with van der Waals surface area (Å²) in [4.78, 5) is 32.3. The number of carbonyl (C=O) groups excluding carboxylic acids is 2. The van der Waals surface area contributed by atoms with E-state index in [1.165, 1.54) is 24.2 Å². The second-order valence-corrected chi connectivity index (χ2v) is 8.58. The van der Waals surface area contributed by atoms with Crippen LogP contribution in [0.1, 0.15) is 43.2 Å². The molecule has 0 radical (unpaired) electrons. The second kappa shape index (κ2) is 9.34. The Labute approximate surface area is 180 Å². The molecule has 0 saturated heterocycles. The number of urea groups is 2. The zero-order chi connectivity index (χ0) is 20.9. The molecule has 160 valence electrons. The number of rotatable bonds is 5. The van der Waals surface area contributed by atoms with E-state index < -0.39 is 0 Å². The number of aromatic nitrogens is 1. The molecule has 4 rings (SSSR count). The van der Waals surface area contributed by atoms with E-state index in [0.717, 1.165) is 23.4 Å². The van der Waals surface area contributed by atoms with E-state index in [0.29, 0.717) is 42.7 Å². The smallest absolute Gasteiger partial charge is 0.322 e. The molecular weight excluding hydrogens is 402 g/mol. The minimum atomic E-state index is -0.199. The first-order valence-corrected chi connectivity index (χ1v) is 11.3. The first kappa shape index (κ1) is 20.5. The maximum absolute atomic E-state index is 12.8. The van der Waals surface area contributed by atoms with Crippen LogP contribution >= 0.6 is 11.3 Å². The molecule has 1 aliphatic carbocycles. The molecule has 1 aromatic heterocycles. The summed E-state index contributed by atoms with van der Waals surface area (Å²) in [6.45, 7) is 3.49. The molecule has 0 atom stereocenters. The summed E-state index contributed by atoms with van der Waals surface area (Å²) in [5.41, 5.74) is 1.61. The molecule has 1 fully saturated rings. The van der Waals surface area contributed by atoms with E-state index >= 15 is 0 Å². The Morgan fingerprint density at radius 2 is 2.03 bits per heavy atom. The number of nitrogens with one attached hydrogen (secondary N) is 3. The van der Waals surface area contributed by atoms with Crippen LogP contribution in [0, 0.1) is 0 Å². The molecule has 1 aromatic carbocycles. The van der Waals surface area contributed by atoms with Crippen LogP contribution in [0.3, 0.4) is 0 Å². The molecule has 0 spiro atoms. The Hall–Kier alpha value is -2.81. The molecule has 0 bridgehead atoms. The fourth-order valence-corrected chi connectivity index (χ4v) is 4.88. The third-order valence-electron chi connectivity index (χ3n) is 5.36. The number of thiazole rings is 1. The lowest BCUT2D eigenvalue weighted by Crippen LogP contribution is -2.38. The molecule has 9 heteroatoms. The van der Waals surface area contributed by atoms with Gasteiger partial charge in [-0.2, -0.15) is 0 Å². The van der Waals surface area contributed by atoms with Crippen molar-refractivity contribution in [3.05, 3.63) is 34.8 Å². The Balaban J connectivity index is 1.35. The Morgan fingerprint density at radius 1 is 1.23 bits per heavy atom. The molecule has 3 N–H and O–H groups in total. The molecule has 2 aliphatic rings. The van der Waals surface area contributed by atoms with Gasteiger partial charge in [-0.1, -0.05) is 36.3 Å². The topological polar surface area (TPSA) is 95.6 Å². The molecular formula is C21H27N5O3S. The normalized spacial score (nSPS) is 16.1. The molecule has 2 heterocycles. The number of hydrogen-bond donors (Lipinski definition) is 3. The zero-order valence-corrected chi connectivity index (χ0v) is 17.9. The summed E-state index contributed by atoms with van der Waals surface area (Å²) in [6.07, 6.45) is 5.09. The van der Waals surface area contributed by atoms with Gasteiger partial charge in [0.1, 0.15) is 5.75 Å². The molecule has 30 heavy (non-hydrogen) atoms. The number of ether oxygens (including phenoxy) is 1. The molecule has 4 amide bonds. The third-order valence-corrected chi connectivity index (χ3v) is 6.36. The summed E-state index contributed by atoms with van der Waals surface area (Å²) in [5, 5.41) is 9.39. The van der Waals surface area contributed by atoms with Gasteiger partial charge in [0.25, 0.3) is 0 Å². The van der Waals surface area contributed by atoms with Crippen molar-refractivity contribution in [1.82, 2.24) is 15.2 Å². The van der Waals surface area contributed by atoms with E-state index in [1.807, 2.05) is 31.2 Å². The lowest BCUT2D eigenvalue weighted by molar-refractivity contribution is 0.206. The van der Waals surface area contributed by atoms with Crippen molar-refractivity contribution < 1.29 is 14.3 Å². The van der Waals surface area contributed by atoms with Gasteiger partial charge in [-0.05, 0) is 31.9 Å². The fraction of sp³-hybridized carbons (Fsp3) is 0.476. The number of hydrogen-bond acceptors (Lipinski definition) is 5. The van der Waals surface area contributed by atoms with E-state index in [2.05, 4.69) is 20.9 Å². The van der Waals surface area contributed by atoms with Crippen molar-refractivity contribution in [3.63, 3.8) is 0 Å². The van der Waals surface area contributed by atoms with Gasteiger partial charge < -0.3 is 20.3 Å². The number of para-hydroxylation sites is 2. The largest absolute Gasteiger partial charge is 0.492 e. The first-order valence-electron chi connectivity index (χ1n) is 10.5. The molecule has 8 nitrogen and oxygen atoms in total. The van der Waals surface area contributed by atoms with E-state index in [9.17, 15) is 9.59 Å². The molecule has 1 aliphatic heterocycles. The van der Waals surface area contributed by atoms with Crippen LogP contribution in [0.15, 0.2) is 24.3 Å². The van der Waals surface area contributed by atoms with Crippen molar-refractivity contribution >= 4 is 34.2 Å². The Kier molecular flexibility index (Phi) is 6.37. The maximum atomic E-state index is 12.8. The van der Waals surface area contributed by atoms with E-state index in [4.69, 9.17) is 4.74 Å². The summed E-state index contributed by atoms with van der Waals surface area (Å²) in [5.74, 6) is 0.656. The average molecular weight is 430 g/mol. The summed E-state index contributed by atoms with van der Waals surface area (Å²) >= 11 is 1.43. The highest BCUT2D eigenvalue weighted by atomic mass is 32.1. The Morgan fingerprint density at radius 3 is 2.83 bits per heavy atom. The molecule has 2 aromatic rings. The highest BCUT2D eigenvalue weighted by Gasteiger charge is 2.25. The van der Waals surface area contributed by atoms with Crippen molar-refractivity contribution in [2.75, 3.05) is 23.8 Å². The number of fused-ring (bicyclic) bond motifs is 1. The molecule has 0 unspecified atom stereocenters. The summed E-state index contributed by atoms with van der Waals surface area (Å²) < 4.78 is 5.58. The van der Waals surface area contributed by atoms with Crippen molar-refractivity contribution in [2.24, 2.45) is 0 Å². The van der Waals surface area contributed by atoms with Crippen LogP contribution < -0.4 is 20.7 Å². The number of nitrogens with zero attached hydrogens (tertiary/aromatic N) is 2. The van der Waals surface area contributed by atoms with Gasteiger partial charge in [0.2, 0.25) is 0 Å². The third kappa shape index (κ3) is 4.84. The van der Waals surface area contributed by atoms with E-state index in [1.54, 1.807) is 4.90 Å². The minimum absolute atomic E-state index is 0.172. The fourth-order valence-electron chi connectivity index (χ4n) is 3.86. The van der Waals surface area contributed by atoms with Crippen molar-refractivity contribution in [3.8, 4) is 5.75 Å². The van der Waals surface area contributed by atoms with Gasteiger partial charge in [-0.15, -0.1) is 0 Å². The number of benzene rings is 1. The van der Waals surface area contributed by atoms with Gasteiger partial charge in [0.15, 0.2) is 5.13 Å². The van der Waals surface area contributed by atoms with Gasteiger partial charge in [-0.25, -0.2) is 14.6 Å². The van der Waals surface area contributed by atoms with Crippen LogP contribution in [0.2, 0.25) is 0 Å². The standard InChI is InChI=1S/C21H27N5O3S/c1-2-29-17-10-6-5-9-15(17)24-21(28)26-12-11-16-18(13-26)30-20(23-16)25-19(27)22-14-7-3-4-8-14/h5-6,9-10,14H,2-4,7-8,11-13H2,1H3,(H,24,28)(H2,22,23,25,27). The molecule has 1 saturated carbocycles. The minimum Gasteiger partial charge on any atom is -0.492 e. The van der Waals surface area contributed by atoms with Crippen LogP contribution in [0.5, 0.6) is 5.75 Å². The maximum Gasteiger partial charge on any atom is 0.322 e. The van der Waals surface area contributed by atoms with Crippen LogP contribution in [-0.4, -0.2) is 41.1 Å². The monoisotopic (exact) mass is 429 g/mol. The first-order chi connectivity index (χ1) is 14.6. The van der Waals surface area contributed by atoms with Crippen LogP contribution in [-0.2, 0) is 13.0 Å². The van der Waals surface area contributed by atoms with Gasteiger partial charge in [0, 0.05) is 23.9 Å². The lowest BCUT2D eigenvalue weighted by Gasteiger charge is -2.26. The number of anilines is 2. The average Bonchev–Trinajstić information content (AvgIpc) is 3.38. The van der Waals surface area contributed by atoms with Gasteiger partial charge in [-0.3, -0.25) is 5.32 Å². The predicted molar refractivity (Wildman–Crippen MR) is 117 cm³/mol. The SMILES string of the molecule is CCOc1ccccc1NC(=O)N1CCc2nc(NC(=O)NC3CCCC3)sc2C1. The highest BCUT2D eigenvalue weighted by Crippen LogP contribution is 2.30. The van der Waals surface area contributed by atoms with Gasteiger partial charge in [0.05, 0.1) is 24.5 Å².